The lowest BCUT2D eigenvalue weighted by Gasteiger charge is -2.33. The molecule has 1 saturated carbocycles. The highest BCUT2D eigenvalue weighted by Gasteiger charge is 2.45. The molecule has 1 fully saturated rings. The average Bonchev–Trinajstić information content (AvgIpc) is 1.78. The van der Waals surface area contributed by atoms with E-state index in [-0.39, 0.29) is 17.1 Å². The second-order valence-electron chi connectivity index (χ2n) is 4.72. The van der Waals surface area contributed by atoms with E-state index in [9.17, 15) is 14.9 Å². The second-order valence-corrected chi connectivity index (χ2v) is 4.72. The minimum Gasteiger partial charge on any atom is -0.292 e. The van der Waals surface area contributed by atoms with Gasteiger partial charge in [0.2, 0.25) is 5.78 Å². The topological polar surface area (TPSA) is 60.2 Å². The van der Waals surface area contributed by atoms with Crippen molar-refractivity contribution < 1.29 is 9.72 Å². The monoisotopic (exact) mass is 185 g/mol. The zero-order chi connectivity index (χ0) is 10.2. The summed E-state index contributed by atoms with van der Waals surface area (Å²) in [7, 11) is 0. The third-order valence-electron chi connectivity index (χ3n) is 2.62. The zero-order valence-corrected chi connectivity index (χ0v) is 8.24. The number of nitro groups is 1. The number of rotatable bonds is 1. The second kappa shape index (κ2) is 3.09. The van der Waals surface area contributed by atoms with Crippen LogP contribution in [0.5, 0.6) is 0 Å². The average molecular weight is 185 g/mol. The normalized spacial score (nSPS) is 33.0. The van der Waals surface area contributed by atoms with Crippen LogP contribution in [0.25, 0.3) is 0 Å². The van der Waals surface area contributed by atoms with Crippen molar-refractivity contribution >= 4 is 5.78 Å². The summed E-state index contributed by atoms with van der Waals surface area (Å²) in [5.41, 5.74) is -0.0665. The maximum absolute atomic E-state index is 11.4. The van der Waals surface area contributed by atoms with Gasteiger partial charge < -0.3 is 0 Å². The van der Waals surface area contributed by atoms with Crippen LogP contribution in [0.1, 0.15) is 33.6 Å². The van der Waals surface area contributed by atoms with E-state index in [1.54, 1.807) is 6.92 Å². The van der Waals surface area contributed by atoms with Gasteiger partial charge in [0, 0.05) is 17.3 Å². The number of hydrogen-bond donors (Lipinski definition) is 0. The molecule has 0 spiro atoms. The van der Waals surface area contributed by atoms with Crippen LogP contribution < -0.4 is 0 Å². The van der Waals surface area contributed by atoms with Gasteiger partial charge in [-0.3, -0.25) is 14.9 Å². The fraction of sp³-hybridized carbons (Fsp3) is 0.889. The Balaban J connectivity index is 2.82. The predicted octanol–water partition coefficient (Wildman–Crippen LogP) is 1.66. The molecule has 0 radical (unpaired) electrons. The molecule has 0 bridgehead atoms. The van der Waals surface area contributed by atoms with Gasteiger partial charge in [-0.1, -0.05) is 20.8 Å². The summed E-state index contributed by atoms with van der Waals surface area (Å²) < 4.78 is 0. The molecule has 4 heteroatoms. The standard InChI is InChI=1S/C9H15NO3/c1-6-4-9(2,3)5-7(11)8(6)10(12)13/h6,8H,4-5H2,1-3H3/t6-,8+/m1/s1. The van der Waals surface area contributed by atoms with Crippen LogP contribution in [0, 0.1) is 21.4 Å². The van der Waals surface area contributed by atoms with Crippen LogP contribution in [0.2, 0.25) is 0 Å². The first-order valence-electron chi connectivity index (χ1n) is 4.50. The van der Waals surface area contributed by atoms with Crippen LogP contribution in [0.4, 0.5) is 0 Å². The molecule has 0 aromatic heterocycles. The Bertz CT molecular complexity index is 247. The fourth-order valence-corrected chi connectivity index (χ4v) is 2.27. The molecule has 74 valence electrons. The van der Waals surface area contributed by atoms with E-state index in [0.717, 1.165) is 6.42 Å². The highest BCUT2D eigenvalue weighted by molar-refractivity contribution is 5.84. The Kier molecular flexibility index (Phi) is 2.41. The molecule has 1 rings (SSSR count). The Morgan fingerprint density at radius 3 is 2.46 bits per heavy atom. The van der Waals surface area contributed by atoms with Crippen molar-refractivity contribution in [3.8, 4) is 0 Å². The van der Waals surface area contributed by atoms with Crippen LogP contribution in [-0.2, 0) is 4.79 Å². The molecule has 1 aliphatic carbocycles. The highest BCUT2D eigenvalue weighted by Crippen LogP contribution is 2.37. The predicted molar refractivity (Wildman–Crippen MR) is 48.0 cm³/mol. The summed E-state index contributed by atoms with van der Waals surface area (Å²) in [6, 6.07) is -0.965. The van der Waals surface area contributed by atoms with Gasteiger partial charge in [-0.25, -0.2) is 0 Å². The maximum atomic E-state index is 11.4. The van der Waals surface area contributed by atoms with Crippen LogP contribution in [0.3, 0.4) is 0 Å². The van der Waals surface area contributed by atoms with Gasteiger partial charge in [0.15, 0.2) is 0 Å². The van der Waals surface area contributed by atoms with Gasteiger partial charge in [0.25, 0.3) is 6.04 Å². The molecule has 4 nitrogen and oxygen atoms in total. The number of carbonyl (C=O) groups excluding carboxylic acids is 1. The van der Waals surface area contributed by atoms with E-state index < -0.39 is 11.0 Å². The summed E-state index contributed by atoms with van der Waals surface area (Å²) in [5, 5.41) is 10.6. The van der Waals surface area contributed by atoms with Crippen molar-refractivity contribution in [3.63, 3.8) is 0 Å². The highest BCUT2D eigenvalue weighted by atomic mass is 16.6. The molecule has 0 unspecified atom stereocenters. The molecule has 0 heterocycles. The Labute approximate surface area is 77.5 Å². The lowest BCUT2D eigenvalue weighted by atomic mass is 9.70. The number of carbonyl (C=O) groups is 1. The molecule has 13 heavy (non-hydrogen) atoms. The van der Waals surface area contributed by atoms with E-state index in [2.05, 4.69) is 0 Å². The Morgan fingerprint density at radius 1 is 1.54 bits per heavy atom. The maximum Gasteiger partial charge on any atom is 0.272 e. The lowest BCUT2D eigenvalue weighted by molar-refractivity contribution is -0.518. The molecule has 0 aromatic rings. The van der Waals surface area contributed by atoms with E-state index in [1.165, 1.54) is 0 Å². The summed E-state index contributed by atoms with van der Waals surface area (Å²) in [6.07, 6.45) is 1.09. The van der Waals surface area contributed by atoms with Crippen molar-refractivity contribution in [2.75, 3.05) is 0 Å². The number of Topliss-reactive ketones (excluding diaryl/α,β-unsaturated/α-hetero) is 1. The lowest BCUT2D eigenvalue weighted by Crippen LogP contribution is -2.44. The first kappa shape index (κ1) is 10.2. The molecule has 1 aliphatic rings. The van der Waals surface area contributed by atoms with Crippen LogP contribution in [-0.4, -0.2) is 16.7 Å². The third kappa shape index (κ3) is 2.05. The van der Waals surface area contributed by atoms with Crippen molar-refractivity contribution in [2.24, 2.45) is 11.3 Å². The number of hydrogen-bond acceptors (Lipinski definition) is 3. The van der Waals surface area contributed by atoms with E-state index >= 15 is 0 Å². The molecule has 0 saturated heterocycles. The molecule has 0 aliphatic heterocycles. The Morgan fingerprint density at radius 2 is 2.08 bits per heavy atom. The van der Waals surface area contributed by atoms with Crippen LogP contribution >= 0.6 is 0 Å². The van der Waals surface area contributed by atoms with Gasteiger partial charge in [0.1, 0.15) is 0 Å². The Hall–Kier alpha value is -0.930. The van der Waals surface area contributed by atoms with E-state index in [0.29, 0.717) is 6.42 Å². The SMILES string of the molecule is C[C@@H]1CC(C)(C)CC(=O)[C@H]1[N+](=O)[O-]. The first-order valence-corrected chi connectivity index (χ1v) is 4.50. The molecular formula is C9H15NO3. The van der Waals surface area contributed by atoms with E-state index in [4.69, 9.17) is 0 Å². The van der Waals surface area contributed by atoms with Gasteiger partial charge in [0.05, 0.1) is 0 Å². The van der Waals surface area contributed by atoms with Crippen molar-refractivity contribution in [1.82, 2.24) is 0 Å². The fourth-order valence-electron chi connectivity index (χ4n) is 2.27. The van der Waals surface area contributed by atoms with Gasteiger partial charge in [-0.2, -0.15) is 0 Å². The smallest absolute Gasteiger partial charge is 0.272 e. The molecule has 2 atom stereocenters. The van der Waals surface area contributed by atoms with Crippen molar-refractivity contribution in [1.29, 1.82) is 0 Å². The van der Waals surface area contributed by atoms with Gasteiger partial charge in [-0.15, -0.1) is 0 Å². The summed E-state index contributed by atoms with van der Waals surface area (Å²) >= 11 is 0. The minimum absolute atomic E-state index is 0.0665. The van der Waals surface area contributed by atoms with Gasteiger partial charge >= 0.3 is 0 Å². The summed E-state index contributed by atoms with van der Waals surface area (Å²) in [6.45, 7) is 5.75. The van der Waals surface area contributed by atoms with Crippen LogP contribution in [0.15, 0.2) is 0 Å². The zero-order valence-electron chi connectivity index (χ0n) is 8.24. The number of nitrogens with zero attached hydrogens (tertiary/aromatic N) is 1. The summed E-state index contributed by atoms with van der Waals surface area (Å²) in [5.74, 6) is -0.347. The van der Waals surface area contributed by atoms with E-state index in [1.807, 2.05) is 13.8 Å². The minimum atomic E-state index is -0.965. The summed E-state index contributed by atoms with van der Waals surface area (Å²) in [4.78, 5) is 21.5. The molecular weight excluding hydrogens is 170 g/mol. The third-order valence-corrected chi connectivity index (χ3v) is 2.62. The molecule has 0 amide bonds. The van der Waals surface area contributed by atoms with Crippen molar-refractivity contribution in [3.05, 3.63) is 10.1 Å². The molecule has 0 N–H and O–H groups in total. The van der Waals surface area contributed by atoms with Gasteiger partial charge in [-0.05, 0) is 11.8 Å². The largest absolute Gasteiger partial charge is 0.292 e. The first-order chi connectivity index (χ1) is 5.83. The number of ketones is 1. The molecule has 0 aromatic carbocycles. The quantitative estimate of drug-likeness (QED) is 0.461. The van der Waals surface area contributed by atoms with Crippen molar-refractivity contribution in [2.45, 2.75) is 39.7 Å².